The van der Waals surface area contributed by atoms with Gasteiger partial charge in [-0.25, -0.2) is 0 Å². The molecule has 0 radical (unpaired) electrons. The molecule has 1 aromatic heterocycles. The summed E-state index contributed by atoms with van der Waals surface area (Å²) in [5.41, 5.74) is 0. The van der Waals surface area contributed by atoms with Crippen LogP contribution in [0.25, 0.3) is 0 Å². The van der Waals surface area contributed by atoms with E-state index in [-0.39, 0.29) is 0 Å². The molecule has 0 aliphatic rings. The highest BCUT2D eigenvalue weighted by Crippen LogP contribution is 1.70. The van der Waals surface area contributed by atoms with Gasteiger partial charge in [0.2, 0.25) is 0 Å². The van der Waals surface area contributed by atoms with Crippen LogP contribution in [0.15, 0.2) is 18.5 Å². The molecule has 0 atom stereocenters. The molecule has 0 aliphatic carbocycles. The average molecular weight is 97.1 g/mol. The van der Waals surface area contributed by atoms with Crippen LogP contribution in [0, 0.1) is 0 Å². The van der Waals surface area contributed by atoms with Crippen LogP contribution < -0.4 is 4.68 Å². The van der Waals surface area contributed by atoms with E-state index in [2.05, 4.69) is 0 Å². The maximum Gasteiger partial charge on any atom is 0.195 e. The summed E-state index contributed by atoms with van der Waals surface area (Å²) in [5.74, 6) is 0. The lowest BCUT2D eigenvalue weighted by molar-refractivity contribution is -0.751. The van der Waals surface area contributed by atoms with Gasteiger partial charge >= 0.3 is 0 Å². The average Bonchev–Trinajstić information content (AvgIpc) is 1.91. The van der Waals surface area contributed by atoms with Gasteiger partial charge in [0.15, 0.2) is 13.2 Å². The Balaban J connectivity index is 3.12. The fourth-order valence-corrected chi connectivity index (χ4v) is 0.498. The lowest BCUT2D eigenvalue weighted by atomic mass is 10.8. The zero-order valence-electron chi connectivity index (χ0n) is 4.63. The van der Waals surface area contributed by atoms with E-state index < -0.39 is 0 Å². The van der Waals surface area contributed by atoms with Crippen LogP contribution in [-0.4, -0.2) is 4.68 Å². The molecule has 0 aromatic carbocycles. The summed E-state index contributed by atoms with van der Waals surface area (Å²) in [4.78, 5) is 0. The number of nitrogens with zero attached hydrogens (tertiary/aromatic N) is 2. The summed E-state index contributed by atoms with van der Waals surface area (Å²) < 4.78 is 4.00. The highest BCUT2D eigenvalue weighted by Gasteiger charge is 1.89. The van der Waals surface area contributed by atoms with E-state index in [1.54, 1.807) is 0 Å². The third-order valence-corrected chi connectivity index (χ3v) is 1.10. The van der Waals surface area contributed by atoms with Crippen molar-refractivity contribution in [2.45, 2.75) is 0 Å². The Labute approximate surface area is 43.0 Å². The predicted octanol–water partition coefficient (Wildman–Crippen LogP) is -0.150. The van der Waals surface area contributed by atoms with Crippen molar-refractivity contribution in [2.75, 3.05) is 0 Å². The molecule has 0 N–H and O–H groups in total. The van der Waals surface area contributed by atoms with Gasteiger partial charge in [0.1, 0.15) is 0 Å². The van der Waals surface area contributed by atoms with Crippen molar-refractivity contribution >= 4 is 0 Å². The number of aromatic nitrogens is 2. The van der Waals surface area contributed by atoms with E-state index in [1.165, 1.54) is 0 Å². The second kappa shape index (κ2) is 1.37. The summed E-state index contributed by atoms with van der Waals surface area (Å²) in [6, 6.07) is 2.00. The Morgan fingerprint density at radius 1 is 1.57 bits per heavy atom. The Kier molecular flexibility index (Phi) is 0.855. The Hall–Kier alpha value is -0.790. The van der Waals surface area contributed by atoms with Crippen molar-refractivity contribution in [1.82, 2.24) is 4.68 Å². The molecule has 1 heterocycles. The van der Waals surface area contributed by atoms with Gasteiger partial charge in [-0.15, -0.1) is 4.68 Å². The molecule has 0 saturated heterocycles. The Morgan fingerprint density at radius 3 is 2.43 bits per heavy atom. The van der Waals surface area contributed by atoms with Crippen LogP contribution in [0.2, 0.25) is 0 Å². The molecule has 1 rings (SSSR count). The van der Waals surface area contributed by atoms with E-state index >= 15 is 0 Å². The number of rotatable bonds is 0. The van der Waals surface area contributed by atoms with E-state index in [0.29, 0.717) is 0 Å². The molecule has 0 bridgehead atoms. The first-order chi connectivity index (χ1) is 3.30. The van der Waals surface area contributed by atoms with Crippen molar-refractivity contribution in [3.8, 4) is 0 Å². The largest absolute Gasteiger partial charge is 0.195 e. The quantitative estimate of drug-likeness (QED) is 0.398. The first-order valence-electron chi connectivity index (χ1n) is 2.28. The number of aryl methyl sites for hydroxylation is 2. The van der Waals surface area contributed by atoms with Gasteiger partial charge in [0, 0.05) is 6.07 Å². The topological polar surface area (TPSA) is 8.81 Å². The Bertz CT molecular complexity index is 138. The molecule has 0 unspecified atom stereocenters. The third-order valence-electron chi connectivity index (χ3n) is 1.10. The number of hydrogen-bond donors (Lipinski definition) is 0. The minimum Gasteiger partial charge on any atom is -0.164 e. The normalized spacial score (nSPS) is 9.43. The molecule has 0 aliphatic heterocycles. The van der Waals surface area contributed by atoms with Gasteiger partial charge < -0.3 is 0 Å². The van der Waals surface area contributed by atoms with E-state index in [4.69, 9.17) is 0 Å². The highest BCUT2D eigenvalue weighted by atomic mass is 15.4. The molecular formula is C5H9N2+. The zero-order valence-corrected chi connectivity index (χ0v) is 4.63. The van der Waals surface area contributed by atoms with Crippen LogP contribution in [0.4, 0.5) is 0 Å². The maximum absolute atomic E-state index is 2.00. The van der Waals surface area contributed by atoms with Gasteiger partial charge in [0.25, 0.3) is 0 Å². The molecule has 38 valence electrons. The van der Waals surface area contributed by atoms with Gasteiger partial charge in [0.05, 0.1) is 13.2 Å². The standard InChI is InChI=1S/C5H9N2/c1-6-4-3-5-7(6)2/h3-5H,1-2H3/q+1. The van der Waals surface area contributed by atoms with E-state index in [0.717, 1.165) is 0 Å². The molecule has 7 heavy (non-hydrogen) atoms. The fourth-order valence-electron chi connectivity index (χ4n) is 0.498. The zero-order chi connectivity index (χ0) is 5.28. The SMILES string of the molecule is Cn1ccc[n+]1C. The van der Waals surface area contributed by atoms with Crippen molar-refractivity contribution < 1.29 is 4.68 Å². The second-order valence-electron chi connectivity index (χ2n) is 1.64. The maximum atomic E-state index is 2.00. The lowest BCUT2D eigenvalue weighted by Gasteiger charge is -1.82. The van der Waals surface area contributed by atoms with Crippen molar-refractivity contribution in [2.24, 2.45) is 14.1 Å². The van der Waals surface area contributed by atoms with Gasteiger partial charge in [-0.2, -0.15) is 4.68 Å². The van der Waals surface area contributed by atoms with Crippen LogP contribution in [0.1, 0.15) is 0 Å². The van der Waals surface area contributed by atoms with Crippen LogP contribution >= 0.6 is 0 Å². The minimum absolute atomic E-state index is 2.00. The summed E-state index contributed by atoms with van der Waals surface area (Å²) in [6.45, 7) is 0. The molecule has 2 nitrogen and oxygen atoms in total. The van der Waals surface area contributed by atoms with Gasteiger partial charge in [-0.05, 0) is 0 Å². The minimum atomic E-state index is 2.00. The van der Waals surface area contributed by atoms with Crippen LogP contribution in [-0.2, 0) is 14.1 Å². The van der Waals surface area contributed by atoms with Gasteiger partial charge in [-0.1, -0.05) is 0 Å². The summed E-state index contributed by atoms with van der Waals surface area (Å²) in [6.07, 6.45) is 4.00. The van der Waals surface area contributed by atoms with Crippen molar-refractivity contribution in [1.29, 1.82) is 0 Å². The molecule has 0 amide bonds. The van der Waals surface area contributed by atoms with Crippen molar-refractivity contribution in [3.05, 3.63) is 18.5 Å². The highest BCUT2D eigenvalue weighted by molar-refractivity contribution is 4.69. The lowest BCUT2D eigenvalue weighted by Crippen LogP contribution is -2.35. The molecular weight excluding hydrogens is 88.1 g/mol. The van der Waals surface area contributed by atoms with Gasteiger partial charge in [-0.3, -0.25) is 0 Å². The first kappa shape index (κ1) is 4.37. The smallest absolute Gasteiger partial charge is 0.164 e. The second-order valence-corrected chi connectivity index (χ2v) is 1.64. The molecule has 0 spiro atoms. The van der Waals surface area contributed by atoms with E-state index in [1.807, 2.05) is 41.9 Å². The first-order valence-corrected chi connectivity index (χ1v) is 2.28. The molecule has 2 heteroatoms. The molecule has 1 aromatic rings. The molecule has 0 fully saturated rings. The van der Waals surface area contributed by atoms with Crippen LogP contribution in [0.3, 0.4) is 0 Å². The Morgan fingerprint density at radius 2 is 2.29 bits per heavy atom. The van der Waals surface area contributed by atoms with Crippen molar-refractivity contribution in [3.63, 3.8) is 0 Å². The fraction of sp³-hybridized carbons (Fsp3) is 0.400. The monoisotopic (exact) mass is 97.1 g/mol. The molecule has 0 saturated carbocycles. The predicted molar refractivity (Wildman–Crippen MR) is 26.6 cm³/mol. The van der Waals surface area contributed by atoms with E-state index in [9.17, 15) is 0 Å². The summed E-state index contributed by atoms with van der Waals surface area (Å²) >= 11 is 0. The summed E-state index contributed by atoms with van der Waals surface area (Å²) in [5, 5.41) is 0. The third kappa shape index (κ3) is 0.633. The number of hydrogen-bond acceptors (Lipinski definition) is 0. The van der Waals surface area contributed by atoms with Crippen LogP contribution in [0.5, 0.6) is 0 Å². The summed E-state index contributed by atoms with van der Waals surface area (Å²) in [7, 11) is 4.00.